The van der Waals surface area contributed by atoms with E-state index in [1.54, 1.807) is 30.3 Å². The molecule has 6 nitrogen and oxygen atoms in total. The van der Waals surface area contributed by atoms with Crippen molar-refractivity contribution in [3.8, 4) is 0 Å². The molecule has 0 spiro atoms. The zero-order valence-corrected chi connectivity index (χ0v) is 10.3. The van der Waals surface area contributed by atoms with Crippen molar-refractivity contribution in [3.63, 3.8) is 0 Å². The highest BCUT2D eigenvalue weighted by atomic mass is 16.2. The number of carbonyl (C=O) groups excluding carboxylic acids is 2. The van der Waals surface area contributed by atoms with E-state index in [4.69, 9.17) is 0 Å². The Balaban J connectivity index is 2.01. The molecule has 1 aromatic heterocycles. The van der Waals surface area contributed by atoms with Gasteiger partial charge in [-0.15, -0.1) is 0 Å². The Bertz CT molecular complexity index is 444. The molecular formula is C12H16N4O2. The Morgan fingerprint density at radius 2 is 2.33 bits per heavy atom. The Labute approximate surface area is 105 Å². The maximum atomic E-state index is 11.5. The van der Waals surface area contributed by atoms with Gasteiger partial charge >= 0.3 is 0 Å². The number of pyridine rings is 1. The fraction of sp³-hybridized carbons (Fsp3) is 0.417. The summed E-state index contributed by atoms with van der Waals surface area (Å²) in [4.78, 5) is 28.7. The summed E-state index contributed by atoms with van der Waals surface area (Å²) in [6.07, 6.45) is 3.10. The van der Waals surface area contributed by atoms with Crippen LogP contribution in [0.1, 0.15) is 12.8 Å². The number of rotatable bonds is 4. The van der Waals surface area contributed by atoms with Crippen molar-refractivity contribution in [1.82, 2.24) is 10.3 Å². The molecule has 0 aromatic carbocycles. The second kappa shape index (κ2) is 5.59. The monoisotopic (exact) mass is 248 g/mol. The average Bonchev–Trinajstić information content (AvgIpc) is 2.77. The molecule has 0 bridgehead atoms. The van der Waals surface area contributed by atoms with Gasteiger partial charge < -0.3 is 15.5 Å². The smallest absolute Gasteiger partial charge is 0.239 e. The first-order chi connectivity index (χ1) is 8.70. The van der Waals surface area contributed by atoms with Gasteiger partial charge in [0, 0.05) is 13.0 Å². The van der Waals surface area contributed by atoms with Crippen molar-refractivity contribution in [1.29, 1.82) is 0 Å². The molecule has 1 fully saturated rings. The minimum Gasteiger partial charge on any atom is -0.311 e. The number of carbonyl (C=O) groups is 2. The summed E-state index contributed by atoms with van der Waals surface area (Å²) >= 11 is 0. The predicted octanol–water partition coefficient (Wildman–Crippen LogP) is 0.366. The molecule has 1 saturated heterocycles. The summed E-state index contributed by atoms with van der Waals surface area (Å²) in [5.41, 5.74) is 0.782. The average molecular weight is 248 g/mol. The molecule has 0 saturated carbocycles. The summed E-state index contributed by atoms with van der Waals surface area (Å²) in [7, 11) is 1.70. The maximum Gasteiger partial charge on any atom is 0.239 e. The molecule has 1 aliphatic rings. The third-order valence-corrected chi connectivity index (χ3v) is 2.74. The van der Waals surface area contributed by atoms with Crippen molar-refractivity contribution < 1.29 is 9.59 Å². The van der Waals surface area contributed by atoms with Crippen LogP contribution in [0, 0.1) is 0 Å². The third kappa shape index (κ3) is 2.84. The van der Waals surface area contributed by atoms with Crippen LogP contribution in [0.25, 0.3) is 0 Å². The van der Waals surface area contributed by atoms with E-state index in [0.29, 0.717) is 12.2 Å². The fourth-order valence-corrected chi connectivity index (χ4v) is 1.89. The number of aromatic nitrogens is 1. The summed E-state index contributed by atoms with van der Waals surface area (Å²) in [5, 5.41) is 5.41. The molecule has 0 aliphatic carbocycles. The van der Waals surface area contributed by atoms with Gasteiger partial charge in [-0.25, -0.2) is 4.98 Å². The lowest BCUT2D eigenvalue weighted by Gasteiger charge is -2.15. The van der Waals surface area contributed by atoms with Crippen LogP contribution >= 0.6 is 0 Å². The summed E-state index contributed by atoms with van der Waals surface area (Å²) in [6.45, 7) is 0.986. The Morgan fingerprint density at radius 3 is 2.89 bits per heavy atom. The van der Waals surface area contributed by atoms with Gasteiger partial charge in [0.15, 0.2) is 0 Å². The molecule has 0 unspecified atom stereocenters. The topological polar surface area (TPSA) is 74.3 Å². The van der Waals surface area contributed by atoms with Gasteiger partial charge in [0.2, 0.25) is 11.8 Å². The van der Waals surface area contributed by atoms with Gasteiger partial charge in [0.25, 0.3) is 0 Å². The first-order valence-corrected chi connectivity index (χ1v) is 5.91. The predicted molar refractivity (Wildman–Crippen MR) is 68.4 cm³/mol. The first kappa shape index (κ1) is 12.5. The van der Waals surface area contributed by atoms with Crippen LogP contribution in [-0.2, 0) is 9.59 Å². The van der Waals surface area contributed by atoms with Gasteiger partial charge in [-0.2, -0.15) is 0 Å². The number of hydrogen-bond donors (Lipinski definition) is 2. The van der Waals surface area contributed by atoms with Gasteiger partial charge in [-0.05, 0) is 25.6 Å². The van der Waals surface area contributed by atoms with E-state index in [0.717, 1.165) is 18.7 Å². The Kier molecular flexibility index (Phi) is 3.88. The summed E-state index contributed by atoms with van der Waals surface area (Å²) < 4.78 is 0. The molecule has 2 amide bonds. The summed E-state index contributed by atoms with van der Waals surface area (Å²) in [5.74, 6) is 0.476. The van der Waals surface area contributed by atoms with E-state index in [9.17, 15) is 9.59 Å². The minimum absolute atomic E-state index is 0.128. The molecule has 0 atom stereocenters. The molecule has 1 aromatic rings. The minimum atomic E-state index is -0.144. The standard InChI is InChI=1S/C12H16N4O2/c1-13-8-11(17)15-10-5-4-9(7-14-10)16-6-2-3-12(16)18/h4-5,7,13H,2-3,6,8H2,1H3,(H,14,15,17). The van der Waals surface area contributed by atoms with E-state index >= 15 is 0 Å². The number of amides is 2. The maximum absolute atomic E-state index is 11.5. The van der Waals surface area contributed by atoms with Gasteiger partial charge in [0.05, 0.1) is 18.4 Å². The number of anilines is 2. The summed E-state index contributed by atoms with van der Waals surface area (Å²) in [6, 6.07) is 3.50. The SMILES string of the molecule is CNCC(=O)Nc1ccc(N2CCCC2=O)cn1. The molecule has 2 heterocycles. The lowest BCUT2D eigenvalue weighted by Crippen LogP contribution is -2.26. The lowest BCUT2D eigenvalue weighted by atomic mass is 10.3. The highest BCUT2D eigenvalue weighted by Crippen LogP contribution is 2.21. The van der Waals surface area contributed by atoms with Crippen LogP contribution in [0.15, 0.2) is 18.3 Å². The van der Waals surface area contributed by atoms with Gasteiger partial charge in [0.1, 0.15) is 5.82 Å². The molecular weight excluding hydrogens is 232 g/mol. The lowest BCUT2D eigenvalue weighted by molar-refractivity contribution is -0.117. The van der Waals surface area contributed by atoms with Crippen LogP contribution in [-0.4, -0.2) is 36.9 Å². The molecule has 2 N–H and O–H groups in total. The highest BCUT2D eigenvalue weighted by Gasteiger charge is 2.21. The van der Waals surface area contributed by atoms with Gasteiger partial charge in [-0.1, -0.05) is 0 Å². The van der Waals surface area contributed by atoms with Crippen molar-refractivity contribution in [2.45, 2.75) is 12.8 Å². The molecule has 18 heavy (non-hydrogen) atoms. The molecule has 6 heteroatoms. The third-order valence-electron chi connectivity index (χ3n) is 2.74. The fourth-order valence-electron chi connectivity index (χ4n) is 1.89. The first-order valence-electron chi connectivity index (χ1n) is 5.91. The van der Waals surface area contributed by atoms with Crippen LogP contribution < -0.4 is 15.5 Å². The largest absolute Gasteiger partial charge is 0.311 e. The Hall–Kier alpha value is -1.95. The number of likely N-dealkylation sites (N-methyl/N-ethyl adjacent to an activating group) is 1. The number of hydrogen-bond acceptors (Lipinski definition) is 4. The van der Waals surface area contributed by atoms with Crippen molar-refractivity contribution in [2.75, 3.05) is 30.4 Å². The van der Waals surface area contributed by atoms with Crippen LogP contribution in [0.5, 0.6) is 0 Å². The molecule has 0 radical (unpaired) electrons. The van der Waals surface area contributed by atoms with Crippen LogP contribution in [0.2, 0.25) is 0 Å². The van der Waals surface area contributed by atoms with Crippen molar-refractivity contribution in [3.05, 3.63) is 18.3 Å². The zero-order chi connectivity index (χ0) is 13.0. The molecule has 2 rings (SSSR count). The zero-order valence-electron chi connectivity index (χ0n) is 10.3. The Morgan fingerprint density at radius 1 is 1.50 bits per heavy atom. The molecule has 96 valence electrons. The second-order valence-corrected chi connectivity index (χ2v) is 4.13. The molecule has 1 aliphatic heterocycles. The van der Waals surface area contributed by atoms with E-state index < -0.39 is 0 Å². The highest BCUT2D eigenvalue weighted by molar-refractivity contribution is 5.95. The van der Waals surface area contributed by atoms with E-state index in [1.807, 2.05) is 0 Å². The van der Waals surface area contributed by atoms with E-state index in [1.165, 1.54) is 0 Å². The van der Waals surface area contributed by atoms with Crippen LogP contribution in [0.3, 0.4) is 0 Å². The van der Waals surface area contributed by atoms with Crippen molar-refractivity contribution in [2.24, 2.45) is 0 Å². The van der Waals surface area contributed by atoms with Crippen molar-refractivity contribution >= 4 is 23.3 Å². The van der Waals surface area contributed by atoms with Gasteiger partial charge in [-0.3, -0.25) is 9.59 Å². The van der Waals surface area contributed by atoms with Crippen LogP contribution in [0.4, 0.5) is 11.5 Å². The normalized spacial score (nSPS) is 14.9. The number of nitrogens with one attached hydrogen (secondary N) is 2. The van der Waals surface area contributed by atoms with E-state index in [2.05, 4.69) is 15.6 Å². The quantitative estimate of drug-likeness (QED) is 0.807. The number of nitrogens with zero attached hydrogens (tertiary/aromatic N) is 2. The second-order valence-electron chi connectivity index (χ2n) is 4.13. The van der Waals surface area contributed by atoms with E-state index in [-0.39, 0.29) is 18.4 Å².